The number of anilines is 3. The molecule has 1 amide bonds. The Hall–Kier alpha value is -4.38. The van der Waals surface area contributed by atoms with Gasteiger partial charge in [0.2, 0.25) is 5.95 Å². The Morgan fingerprint density at radius 3 is 2.56 bits per heavy atom. The Kier molecular flexibility index (Phi) is 8.25. The van der Waals surface area contributed by atoms with Crippen LogP contribution < -0.4 is 10.6 Å². The Labute approximate surface area is 236 Å². The van der Waals surface area contributed by atoms with Gasteiger partial charge in [0.1, 0.15) is 0 Å². The number of aromatic nitrogens is 4. The molecular formula is C30H30F3N7O. The van der Waals surface area contributed by atoms with Crippen molar-refractivity contribution >= 4 is 23.2 Å². The van der Waals surface area contributed by atoms with Crippen LogP contribution in [0.1, 0.15) is 52.9 Å². The fraction of sp³-hybridized carbons (Fsp3) is 0.300. The lowest BCUT2D eigenvalue weighted by Gasteiger charge is -2.31. The molecule has 0 bridgehead atoms. The van der Waals surface area contributed by atoms with E-state index in [1.807, 2.05) is 6.07 Å². The van der Waals surface area contributed by atoms with Crippen LogP contribution in [0.25, 0.3) is 11.3 Å². The van der Waals surface area contributed by atoms with Crippen molar-refractivity contribution in [3.63, 3.8) is 0 Å². The lowest BCUT2D eigenvalue weighted by molar-refractivity contribution is -0.138. The number of piperidine rings is 1. The summed E-state index contributed by atoms with van der Waals surface area (Å²) in [4.78, 5) is 32.5. The van der Waals surface area contributed by atoms with Crippen LogP contribution in [0.4, 0.5) is 30.5 Å². The maximum absolute atomic E-state index is 14.1. The second-order valence-electron chi connectivity index (χ2n) is 9.95. The highest BCUT2D eigenvalue weighted by molar-refractivity contribution is 6.05. The topological polar surface area (TPSA) is 95.9 Å². The van der Waals surface area contributed by atoms with E-state index in [1.54, 1.807) is 49.8 Å². The van der Waals surface area contributed by atoms with Crippen molar-refractivity contribution in [2.45, 2.75) is 38.8 Å². The van der Waals surface area contributed by atoms with E-state index in [9.17, 15) is 18.0 Å². The van der Waals surface area contributed by atoms with E-state index < -0.39 is 23.2 Å². The largest absolute Gasteiger partial charge is 0.417 e. The van der Waals surface area contributed by atoms with Gasteiger partial charge in [0.25, 0.3) is 5.91 Å². The lowest BCUT2D eigenvalue weighted by atomic mass is 9.87. The van der Waals surface area contributed by atoms with Crippen LogP contribution in [0.3, 0.4) is 0 Å². The van der Waals surface area contributed by atoms with Crippen molar-refractivity contribution in [1.82, 2.24) is 24.8 Å². The first-order chi connectivity index (χ1) is 19.7. The molecule has 41 heavy (non-hydrogen) atoms. The summed E-state index contributed by atoms with van der Waals surface area (Å²) in [5, 5.41) is 5.66. The predicted octanol–water partition coefficient (Wildman–Crippen LogP) is 6.46. The highest BCUT2D eigenvalue weighted by Gasteiger charge is 2.36. The zero-order valence-electron chi connectivity index (χ0n) is 22.7. The molecule has 0 aliphatic carbocycles. The number of aryl methyl sites for hydroxylation is 1. The van der Waals surface area contributed by atoms with Gasteiger partial charge in [-0.2, -0.15) is 13.2 Å². The normalized spacial score (nSPS) is 14.6. The molecule has 2 N–H and O–H groups in total. The van der Waals surface area contributed by atoms with Crippen molar-refractivity contribution in [3.05, 3.63) is 89.6 Å². The SMILES string of the molecule is CCN1CCC(c2ccc(C(=O)Nc3cnc(C)c(Nc4nccc(-c5cccnc5)n4)c3)c(C(F)(F)F)c2)CC1. The summed E-state index contributed by atoms with van der Waals surface area (Å²) in [5.74, 6) is -0.541. The van der Waals surface area contributed by atoms with Crippen molar-refractivity contribution in [1.29, 1.82) is 0 Å². The molecule has 1 aliphatic rings. The number of hydrogen-bond acceptors (Lipinski definition) is 7. The molecule has 1 saturated heterocycles. The van der Waals surface area contributed by atoms with Crippen LogP contribution >= 0.6 is 0 Å². The van der Waals surface area contributed by atoms with Crippen LogP contribution in [-0.4, -0.2) is 50.4 Å². The van der Waals surface area contributed by atoms with Crippen LogP contribution in [0.5, 0.6) is 0 Å². The van der Waals surface area contributed by atoms with Crippen LogP contribution in [0.2, 0.25) is 0 Å². The predicted molar refractivity (Wildman–Crippen MR) is 151 cm³/mol. The molecular weight excluding hydrogens is 531 g/mol. The monoisotopic (exact) mass is 561 g/mol. The first kappa shape index (κ1) is 28.2. The molecule has 11 heteroatoms. The molecule has 4 heterocycles. The van der Waals surface area contributed by atoms with E-state index in [1.165, 1.54) is 12.3 Å². The summed E-state index contributed by atoms with van der Waals surface area (Å²) >= 11 is 0. The molecule has 1 fully saturated rings. The van der Waals surface area contributed by atoms with Gasteiger partial charge in [0.15, 0.2) is 0 Å². The number of likely N-dealkylation sites (tertiary alicyclic amines) is 1. The molecule has 0 radical (unpaired) electrons. The van der Waals surface area contributed by atoms with E-state index in [2.05, 4.69) is 42.4 Å². The van der Waals surface area contributed by atoms with E-state index in [0.29, 0.717) is 28.6 Å². The van der Waals surface area contributed by atoms with Gasteiger partial charge in [-0.1, -0.05) is 13.0 Å². The molecule has 0 atom stereocenters. The van der Waals surface area contributed by atoms with Crippen molar-refractivity contribution in [2.24, 2.45) is 0 Å². The zero-order valence-corrected chi connectivity index (χ0v) is 22.7. The van der Waals surface area contributed by atoms with Gasteiger partial charge in [-0.05, 0) is 87.3 Å². The van der Waals surface area contributed by atoms with Crippen LogP contribution in [0.15, 0.2) is 67.3 Å². The number of benzene rings is 1. The quantitative estimate of drug-likeness (QED) is 0.268. The molecule has 0 unspecified atom stereocenters. The van der Waals surface area contributed by atoms with Gasteiger partial charge >= 0.3 is 6.18 Å². The maximum atomic E-state index is 14.1. The Bertz CT molecular complexity index is 1520. The zero-order chi connectivity index (χ0) is 29.0. The van der Waals surface area contributed by atoms with E-state index in [-0.39, 0.29) is 11.6 Å². The Morgan fingerprint density at radius 2 is 1.85 bits per heavy atom. The summed E-state index contributed by atoms with van der Waals surface area (Å²) in [6.07, 6.45) is 3.25. The third kappa shape index (κ3) is 6.68. The summed E-state index contributed by atoms with van der Waals surface area (Å²) in [6.45, 7) is 6.45. The summed E-state index contributed by atoms with van der Waals surface area (Å²) in [6, 6.07) is 11.1. The van der Waals surface area contributed by atoms with Gasteiger partial charge in [0, 0.05) is 24.2 Å². The number of halogens is 3. The van der Waals surface area contributed by atoms with Crippen molar-refractivity contribution in [2.75, 3.05) is 30.3 Å². The highest BCUT2D eigenvalue weighted by Crippen LogP contribution is 2.37. The molecule has 0 spiro atoms. The molecule has 1 aliphatic heterocycles. The minimum atomic E-state index is -4.68. The molecule has 212 valence electrons. The number of nitrogens with zero attached hydrogens (tertiary/aromatic N) is 5. The number of pyridine rings is 2. The number of carbonyl (C=O) groups excluding carboxylic acids is 1. The van der Waals surface area contributed by atoms with E-state index in [0.717, 1.165) is 44.1 Å². The van der Waals surface area contributed by atoms with Crippen LogP contribution in [0, 0.1) is 6.92 Å². The fourth-order valence-electron chi connectivity index (χ4n) is 4.97. The van der Waals surface area contributed by atoms with Crippen molar-refractivity contribution in [3.8, 4) is 11.3 Å². The second-order valence-corrected chi connectivity index (χ2v) is 9.95. The third-order valence-corrected chi connectivity index (χ3v) is 7.30. The van der Waals surface area contributed by atoms with E-state index in [4.69, 9.17) is 0 Å². The van der Waals surface area contributed by atoms with Gasteiger partial charge in [-0.25, -0.2) is 9.97 Å². The maximum Gasteiger partial charge on any atom is 0.417 e. The molecule has 4 aromatic rings. The Balaban J connectivity index is 1.35. The van der Waals surface area contributed by atoms with Gasteiger partial charge in [0.05, 0.1) is 40.1 Å². The second kappa shape index (κ2) is 12.0. The summed E-state index contributed by atoms with van der Waals surface area (Å²) in [7, 11) is 0. The van der Waals surface area contributed by atoms with Crippen LogP contribution in [-0.2, 0) is 6.18 Å². The average molecular weight is 562 g/mol. The Morgan fingerprint density at radius 1 is 1.05 bits per heavy atom. The number of hydrogen-bond donors (Lipinski definition) is 2. The number of alkyl halides is 3. The standard InChI is InChI=1S/C30H30F3N7O/c1-3-40-13-9-20(10-14-40)21-6-7-24(25(15-21)30(31,32)33)28(41)37-23-16-27(19(2)36-18-23)39-29-35-12-8-26(38-29)22-5-4-11-34-17-22/h4-8,11-12,15-18,20H,3,9-10,13-14H2,1-2H3,(H,37,41)(H,35,38,39). The van der Waals surface area contributed by atoms with Gasteiger partial charge in [-0.15, -0.1) is 0 Å². The highest BCUT2D eigenvalue weighted by atomic mass is 19.4. The fourth-order valence-corrected chi connectivity index (χ4v) is 4.97. The molecule has 8 nitrogen and oxygen atoms in total. The van der Waals surface area contributed by atoms with E-state index >= 15 is 0 Å². The molecule has 0 saturated carbocycles. The van der Waals surface area contributed by atoms with Crippen molar-refractivity contribution < 1.29 is 18.0 Å². The number of amides is 1. The third-order valence-electron chi connectivity index (χ3n) is 7.30. The number of nitrogens with one attached hydrogen (secondary N) is 2. The smallest absolute Gasteiger partial charge is 0.322 e. The molecule has 5 rings (SSSR count). The minimum Gasteiger partial charge on any atom is -0.322 e. The minimum absolute atomic E-state index is 0.0322. The number of rotatable bonds is 7. The lowest BCUT2D eigenvalue weighted by Crippen LogP contribution is -2.32. The van der Waals surface area contributed by atoms with Gasteiger partial charge < -0.3 is 15.5 Å². The average Bonchev–Trinajstić information content (AvgIpc) is 2.99. The first-order valence-electron chi connectivity index (χ1n) is 13.4. The molecule has 3 aromatic heterocycles. The number of carbonyl (C=O) groups is 1. The molecule has 1 aromatic carbocycles. The summed E-state index contributed by atoms with van der Waals surface area (Å²) < 4.78 is 42.3. The summed E-state index contributed by atoms with van der Waals surface area (Å²) in [5.41, 5.74) is 2.02. The first-order valence-corrected chi connectivity index (χ1v) is 13.4. The van der Waals surface area contributed by atoms with Gasteiger partial charge in [-0.3, -0.25) is 14.8 Å².